The Kier molecular flexibility index (Phi) is 17.0. The highest BCUT2D eigenvalue weighted by molar-refractivity contribution is 7.89. The molecule has 0 aliphatic carbocycles. The third-order valence-electron chi connectivity index (χ3n) is 12.6. The van der Waals surface area contributed by atoms with Crippen molar-refractivity contribution in [3.05, 3.63) is 179 Å². The normalized spacial score (nSPS) is 12.6. The summed E-state index contributed by atoms with van der Waals surface area (Å²) in [6.07, 6.45) is 4.97. The van der Waals surface area contributed by atoms with Crippen molar-refractivity contribution in [2.75, 3.05) is 12.3 Å². The molecule has 0 aliphatic heterocycles. The zero-order valence-corrected chi connectivity index (χ0v) is 44.9. The molecule has 0 fully saturated rings. The topological polar surface area (TPSA) is 40.5 Å². The standard InChI is InChI=1S/C57H70O2P2.2BrH/c1-54(2,3)48-36-42(37-49(52(48)58)55(4,5)6)40-60(44-26-17-13-18-27-44,45-28-19-14-20-29-45)34-25-35-61(46-30-21-15-22-31-46,47-32-23-16-24-33-47)41-43-38-50(56(7,8)9)53(59)51(39-43)57(10,11)12;;/h13-24,26-33,36-39H,25,34-35,40-41H2,1-12H3;2*1H. The van der Waals surface area contributed by atoms with E-state index in [1.807, 2.05) is 0 Å². The molecule has 0 amide bonds. The summed E-state index contributed by atoms with van der Waals surface area (Å²) in [6.45, 7) is 26.6. The summed E-state index contributed by atoms with van der Waals surface area (Å²) < 4.78 is 0. The summed E-state index contributed by atoms with van der Waals surface area (Å²) in [5.74, 6) is 0.872. The van der Waals surface area contributed by atoms with Gasteiger partial charge in [-0.3, -0.25) is 0 Å². The van der Waals surface area contributed by atoms with Gasteiger partial charge in [-0.25, -0.2) is 0 Å². The lowest BCUT2D eigenvalue weighted by atomic mass is 9.78. The summed E-state index contributed by atoms with van der Waals surface area (Å²) >= 11 is 0. The first-order valence-electron chi connectivity index (χ1n) is 22.3. The van der Waals surface area contributed by atoms with Gasteiger partial charge in [-0.15, -0.1) is 0 Å². The maximum absolute atomic E-state index is 11.8. The molecule has 6 aromatic rings. The van der Waals surface area contributed by atoms with Crippen LogP contribution >= 0.6 is 14.5 Å². The smallest absolute Gasteiger partial charge is 0.123 e. The van der Waals surface area contributed by atoms with Crippen LogP contribution in [0.15, 0.2) is 146 Å². The van der Waals surface area contributed by atoms with E-state index in [2.05, 4.69) is 229 Å². The average molecular weight is 1010 g/mol. The third kappa shape index (κ3) is 11.8. The summed E-state index contributed by atoms with van der Waals surface area (Å²) in [5, 5.41) is 29.4. The van der Waals surface area contributed by atoms with Crippen molar-refractivity contribution in [2.45, 2.75) is 123 Å². The summed E-state index contributed by atoms with van der Waals surface area (Å²) in [4.78, 5) is 0. The molecule has 6 heteroatoms. The quantitative estimate of drug-likeness (QED) is 0.124. The Hall–Kier alpha value is -3.26. The molecular weight excluding hydrogens is 938 g/mol. The molecule has 0 unspecified atom stereocenters. The Bertz CT molecular complexity index is 2070. The van der Waals surface area contributed by atoms with Crippen LogP contribution in [0.3, 0.4) is 0 Å². The van der Waals surface area contributed by atoms with Gasteiger partial charge in [0.2, 0.25) is 0 Å². The third-order valence-corrected chi connectivity index (χ3v) is 21.7. The Morgan fingerprint density at radius 2 is 0.556 bits per heavy atom. The number of aromatic hydroxyl groups is 2. The van der Waals surface area contributed by atoms with Crippen LogP contribution in [-0.2, 0) is 34.0 Å². The largest absolute Gasteiger partial charge is 1.00 e. The zero-order chi connectivity index (χ0) is 44.4. The zero-order valence-electron chi connectivity index (χ0n) is 39.9. The highest BCUT2D eigenvalue weighted by Gasteiger charge is 2.48. The fraction of sp³-hybridized carbons (Fsp3) is 0.368. The number of benzene rings is 6. The van der Waals surface area contributed by atoms with E-state index in [0.717, 1.165) is 53.3 Å². The van der Waals surface area contributed by atoms with Crippen molar-refractivity contribution in [1.29, 1.82) is 0 Å². The summed E-state index contributed by atoms with van der Waals surface area (Å²) in [5.41, 5.74) is 5.80. The predicted octanol–water partition coefficient (Wildman–Crippen LogP) is 7.72. The Balaban J connectivity index is 0.00000436. The Labute approximate surface area is 403 Å². The van der Waals surface area contributed by atoms with E-state index in [1.165, 1.54) is 32.3 Å². The van der Waals surface area contributed by atoms with Gasteiger partial charge in [-0.1, -0.05) is 156 Å². The molecule has 0 heterocycles. The SMILES string of the molecule is CC(C)(C)c1cc(C[P+](CCC[P+](Cc2cc(C(C)(C)C)c(O)c(C(C)(C)C)c2)(c2ccccc2)c2ccccc2)(c2ccccc2)c2ccccc2)cc(C(C)(C)C)c1O.[Br-].[Br-]. The highest BCUT2D eigenvalue weighted by Crippen LogP contribution is 2.64. The molecule has 0 aromatic heterocycles. The second-order valence-electron chi connectivity index (χ2n) is 21.5. The van der Waals surface area contributed by atoms with Crippen molar-refractivity contribution < 1.29 is 44.2 Å². The fourth-order valence-corrected chi connectivity index (χ4v) is 18.2. The van der Waals surface area contributed by atoms with Crippen LogP contribution < -0.4 is 55.2 Å². The van der Waals surface area contributed by atoms with Crippen molar-refractivity contribution >= 4 is 35.7 Å². The Morgan fingerprint density at radius 3 is 0.746 bits per heavy atom. The Morgan fingerprint density at radius 1 is 0.349 bits per heavy atom. The molecule has 336 valence electrons. The minimum absolute atomic E-state index is 0. The average Bonchev–Trinajstić information content (AvgIpc) is 3.20. The van der Waals surface area contributed by atoms with Crippen LogP contribution in [0.4, 0.5) is 0 Å². The molecule has 2 N–H and O–H groups in total. The number of hydrogen-bond donors (Lipinski definition) is 2. The van der Waals surface area contributed by atoms with Crippen LogP contribution in [0.1, 0.15) is 123 Å². The first kappa shape index (κ1) is 52.4. The predicted molar refractivity (Wildman–Crippen MR) is 271 cm³/mol. The van der Waals surface area contributed by atoms with Crippen LogP contribution in [0.2, 0.25) is 0 Å². The van der Waals surface area contributed by atoms with Gasteiger partial charge < -0.3 is 44.2 Å². The summed E-state index contributed by atoms with van der Waals surface area (Å²) in [7, 11) is -4.19. The maximum atomic E-state index is 11.8. The number of phenols is 2. The van der Waals surface area contributed by atoms with E-state index in [1.54, 1.807) is 0 Å². The lowest BCUT2D eigenvalue weighted by Crippen LogP contribution is -3.00. The molecule has 0 saturated carbocycles. The second-order valence-corrected chi connectivity index (χ2v) is 28.9. The molecule has 0 saturated heterocycles. The van der Waals surface area contributed by atoms with Crippen LogP contribution in [-0.4, -0.2) is 22.5 Å². The molecular formula is C57H72Br2O2P2. The first-order valence-corrected chi connectivity index (χ1v) is 26.6. The lowest BCUT2D eigenvalue weighted by Gasteiger charge is -2.33. The number of rotatable bonds is 12. The minimum atomic E-state index is -2.10. The van der Waals surface area contributed by atoms with Crippen molar-refractivity contribution in [3.63, 3.8) is 0 Å². The number of hydrogen-bond acceptors (Lipinski definition) is 2. The molecule has 2 nitrogen and oxygen atoms in total. The van der Waals surface area contributed by atoms with Crippen LogP contribution in [0.25, 0.3) is 0 Å². The maximum Gasteiger partial charge on any atom is 0.123 e. The van der Waals surface area contributed by atoms with Crippen molar-refractivity contribution in [1.82, 2.24) is 0 Å². The molecule has 0 atom stereocenters. The van der Waals surface area contributed by atoms with E-state index in [9.17, 15) is 10.2 Å². The van der Waals surface area contributed by atoms with Crippen molar-refractivity contribution in [3.8, 4) is 11.5 Å². The second kappa shape index (κ2) is 20.5. The van der Waals surface area contributed by atoms with Crippen LogP contribution in [0, 0.1) is 0 Å². The van der Waals surface area contributed by atoms with Gasteiger partial charge in [0.1, 0.15) is 11.5 Å². The monoisotopic (exact) mass is 1010 g/mol. The fourth-order valence-electron chi connectivity index (χ4n) is 9.28. The molecule has 0 radical (unpaired) electrons. The van der Waals surface area contributed by atoms with Gasteiger partial charge in [0.25, 0.3) is 0 Å². The van der Waals surface area contributed by atoms with Gasteiger partial charge >= 0.3 is 0 Å². The van der Waals surface area contributed by atoms with E-state index < -0.39 is 14.5 Å². The number of halogens is 2. The molecule has 0 bridgehead atoms. The lowest BCUT2D eigenvalue weighted by molar-refractivity contribution is -0.00100. The van der Waals surface area contributed by atoms with Gasteiger partial charge in [0.15, 0.2) is 0 Å². The number of phenolic OH excluding ortho intramolecular Hbond substituents is 2. The highest BCUT2D eigenvalue weighted by atomic mass is 79.9. The van der Waals surface area contributed by atoms with E-state index in [-0.39, 0.29) is 55.6 Å². The summed E-state index contributed by atoms with van der Waals surface area (Å²) in [6, 6.07) is 54.7. The van der Waals surface area contributed by atoms with Crippen LogP contribution in [0.5, 0.6) is 11.5 Å². The molecule has 6 aromatic carbocycles. The van der Waals surface area contributed by atoms with Gasteiger partial charge in [0.05, 0.1) is 60.4 Å². The van der Waals surface area contributed by atoms with E-state index >= 15 is 0 Å². The minimum Gasteiger partial charge on any atom is -1.00 e. The first-order chi connectivity index (χ1) is 28.6. The molecule has 0 spiro atoms. The van der Waals surface area contributed by atoms with E-state index in [4.69, 9.17) is 0 Å². The molecule has 6 rings (SSSR count). The molecule has 0 aliphatic rings. The van der Waals surface area contributed by atoms with Gasteiger partial charge in [-0.2, -0.15) is 0 Å². The van der Waals surface area contributed by atoms with Gasteiger partial charge in [0, 0.05) is 6.42 Å². The molecule has 63 heavy (non-hydrogen) atoms. The van der Waals surface area contributed by atoms with E-state index in [0.29, 0.717) is 11.5 Å². The van der Waals surface area contributed by atoms with Gasteiger partial charge in [-0.05, 0) is 128 Å². The van der Waals surface area contributed by atoms with Crippen molar-refractivity contribution in [2.24, 2.45) is 0 Å².